The van der Waals surface area contributed by atoms with Crippen molar-refractivity contribution in [3.63, 3.8) is 0 Å². The number of nitrogens with zero attached hydrogens (tertiary/aromatic N) is 3. The summed E-state index contributed by atoms with van der Waals surface area (Å²) in [5.74, 6) is 0.963. The van der Waals surface area contributed by atoms with Gasteiger partial charge in [-0.25, -0.2) is 0 Å². The van der Waals surface area contributed by atoms with Gasteiger partial charge in [-0.05, 0) is 37.0 Å². The van der Waals surface area contributed by atoms with E-state index >= 15 is 0 Å². The molecule has 1 fully saturated rings. The fourth-order valence-electron chi connectivity index (χ4n) is 3.02. The van der Waals surface area contributed by atoms with E-state index in [2.05, 4.69) is 9.97 Å². The van der Waals surface area contributed by atoms with Crippen molar-refractivity contribution < 1.29 is 14.3 Å². The number of carbonyl (C=O) groups excluding carboxylic acids is 1. The maximum Gasteiger partial charge on any atom is 0.235 e. The molecule has 1 unspecified atom stereocenters. The van der Waals surface area contributed by atoms with Gasteiger partial charge < -0.3 is 14.4 Å². The number of methoxy groups -OCH3 is 1. The van der Waals surface area contributed by atoms with Crippen LogP contribution in [0.1, 0.15) is 24.8 Å². The minimum atomic E-state index is -0.0831. The van der Waals surface area contributed by atoms with Gasteiger partial charge in [0.25, 0.3) is 0 Å². The molecule has 0 aliphatic carbocycles. The first-order valence-electron chi connectivity index (χ1n) is 8.69. The lowest BCUT2D eigenvalue weighted by Crippen LogP contribution is -2.44. The van der Waals surface area contributed by atoms with E-state index in [-0.39, 0.29) is 12.0 Å². The van der Waals surface area contributed by atoms with Gasteiger partial charge in [0, 0.05) is 18.0 Å². The topological polar surface area (TPSA) is 64.6 Å². The molecule has 1 atom stereocenters. The maximum absolute atomic E-state index is 12.5. The Kier molecular flexibility index (Phi) is 6.28. The van der Waals surface area contributed by atoms with Gasteiger partial charge in [-0.3, -0.25) is 9.78 Å². The standard InChI is InChI=1S/C19H22ClN3O3/c1-25-17-11-21-12-18(22-17)26-16-6-3-9-23(13-16)19(24)8-7-14-4-2-5-15(20)10-14/h2,4-5,10-12,16H,3,6-9,13H2,1H3. The Balaban J connectivity index is 1.53. The lowest BCUT2D eigenvalue weighted by molar-refractivity contribution is -0.133. The Morgan fingerprint density at radius 1 is 1.35 bits per heavy atom. The minimum absolute atomic E-state index is 0.0831. The van der Waals surface area contributed by atoms with Crippen molar-refractivity contribution in [3.8, 4) is 11.8 Å². The molecule has 6 nitrogen and oxygen atoms in total. The van der Waals surface area contributed by atoms with Crippen molar-refractivity contribution in [2.24, 2.45) is 0 Å². The highest BCUT2D eigenvalue weighted by molar-refractivity contribution is 6.30. The third-order valence-electron chi connectivity index (χ3n) is 4.33. The lowest BCUT2D eigenvalue weighted by Gasteiger charge is -2.32. The molecule has 1 amide bonds. The number of carbonyl (C=O) groups is 1. The van der Waals surface area contributed by atoms with E-state index in [9.17, 15) is 4.79 Å². The number of benzene rings is 1. The second kappa shape index (κ2) is 8.85. The minimum Gasteiger partial charge on any atom is -0.480 e. The van der Waals surface area contributed by atoms with Crippen molar-refractivity contribution in [1.29, 1.82) is 0 Å². The summed E-state index contributed by atoms with van der Waals surface area (Å²) in [4.78, 5) is 22.7. The van der Waals surface area contributed by atoms with E-state index in [0.717, 1.165) is 24.9 Å². The second-order valence-corrected chi connectivity index (χ2v) is 6.69. The fourth-order valence-corrected chi connectivity index (χ4v) is 3.23. The second-order valence-electron chi connectivity index (χ2n) is 6.25. The Morgan fingerprint density at radius 3 is 3.00 bits per heavy atom. The number of ether oxygens (including phenoxy) is 2. The van der Waals surface area contributed by atoms with E-state index in [1.165, 1.54) is 13.3 Å². The van der Waals surface area contributed by atoms with Gasteiger partial charge in [0.1, 0.15) is 6.10 Å². The molecule has 0 bridgehead atoms. The van der Waals surface area contributed by atoms with Crippen molar-refractivity contribution in [2.45, 2.75) is 31.8 Å². The summed E-state index contributed by atoms with van der Waals surface area (Å²) in [6.45, 7) is 1.32. The van der Waals surface area contributed by atoms with Crippen LogP contribution in [-0.4, -0.2) is 47.1 Å². The number of hydrogen-bond acceptors (Lipinski definition) is 5. The predicted octanol–water partition coefficient (Wildman–Crippen LogP) is 3.14. The van der Waals surface area contributed by atoms with Crippen molar-refractivity contribution >= 4 is 17.5 Å². The zero-order valence-electron chi connectivity index (χ0n) is 14.7. The first-order chi connectivity index (χ1) is 12.6. The molecule has 1 aromatic heterocycles. The summed E-state index contributed by atoms with van der Waals surface area (Å²) in [7, 11) is 1.54. The Morgan fingerprint density at radius 2 is 2.19 bits per heavy atom. The van der Waals surface area contributed by atoms with Crippen LogP contribution < -0.4 is 9.47 Å². The Labute approximate surface area is 158 Å². The SMILES string of the molecule is COc1cncc(OC2CCCN(C(=O)CCc3cccc(Cl)c3)C2)n1. The molecule has 138 valence electrons. The van der Waals surface area contributed by atoms with Crippen molar-refractivity contribution in [3.05, 3.63) is 47.2 Å². The first-order valence-corrected chi connectivity index (χ1v) is 9.07. The number of rotatable bonds is 6. The fraction of sp³-hybridized carbons (Fsp3) is 0.421. The quantitative estimate of drug-likeness (QED) is 0.776. The molecule has 0 N–H and O–H groups in total. The summed E-state index contributed by atoms with van der Waals surface area (Å²) in [6, 6.07) is 7.63. The van der Waals surface area contributed by atoms with Crippen LogP contribution in [0.15, 0.2) is 36.7 Å². The molecule has 1 aliphatic heterocycles. The normalized spacial score (nSPS) is 17.0. The van der Waals surface area contributed by atoms with Crippen LogP contribution in [0.5, 0.6) is 11.8 Å². The molecule has 0 radical (unpaired) electrons. The van der Waals surface area contributed by atoms with Crippen LogP contribution in [0.25, 0.3) is 0 Å². The summed E-state index contributed by atoms with van der Waals surface area (Å²) in [5, 5.41) is 0.695. The Hall–Kier alpha value is -2.34. The van der Waals surface area contributed by atoms with Crippen molar-refractivity contribution in [2.75, 3.05) is 20.2 Å². The summed E-state index contributed by atoms with van der Waals surface area (Å²) in [5.41, 5.74) is 1.07. The van der Waals surface area contributed by atoms with Crippen LogP contribution in [0.4, 0.5) is 0 Å². The number of hydrogen-bond donors (Lipinski definition) is 0. The molecule has 7 heteroatoms. The zero-order chi connectivity index (χ0) is 18.4. The summed E-state index contributed by atoms with van der Waals surface area (Å²) >= 11 is 5.99. The van der Waals surface area contributed by atoms with Gasteiger partial charge in [-0.2, -0.15) is 4.98 Å². The van der Waals surface area contributed by atoms with Gasteiger partial charge in [0.2, 0.25) is 17.7 Å². The van der Waals surface area contributed by atoms with Gasteiger partial charge in [-0.1, -0.05) is 23.7 Å². The maximum atomic E-state index is 12.5. The van der Waals surface area contributed by atoms with Gasteiger partial charge >= 0.3 is 0 Å². The third kappa shape index (κ3) is 5.08. The van der Waals surface area contributed by atoms with E-state index < -0.39 is 0 Å². The van der Waals surface area contributed by atoms with E-state index in [1.807, 2.05) is 29.2 Å². The molecule has 2 heterocycles. The number of aryl methyl sites for hydroxylation is 1. The smallest absolute Gasteiger partial charge is 0.235 e. The molecule has 0 saturated carbocycles. The molecule has 26 heavy (non-hydrogen) atoms. The average Bonchev–Trinajstić information content (AvgIpc) is 2.66. The van der Waals surface area contributed by atoms with Crippen LogP contribution >= 0.6 is 11.6 Å². The monoisotopic (exact) mass is 375 g/mol. The van der Waals surface area contributed by atoms with Gasteiger partial charge in [-0.15, -0.1) is 0 Å². The highest BCUT2D eigenvalue weighted by Crippen LogP contribution is 2.19. The van der Waals surface area contributed by atoms with E-state index in [1.54, 1.807) is 6.20 Å². The molecule has 2 aromatic rings. The number of likely N-dealkylation sites (tertiary alicyclic amines) is 1. The number of piperidine rings is 1. The largest absolute Gasteiger partial charge is 0.480 e. The van der Waals surface area contributed by atoms with Gasteiger partial charge in [0.15, 0.2) is 0 Å². The number of amides is 1. The third-order valence-corrected chi connectivity index (χ3v) is 4.57. The molecule has 1 aromatic carbocycles. The van der Waals surface area contributed by atoms with E-state index in [4.69, 9.17) is 21.1 Å². The molecule has 1 saturated heterocycles. The highest BCUT2D eigenvalue weighted by atomic mass is 35.5. The molecule has 0 spiro atoms. The Bertz CT molecular complexity index is 756. The van der Waals surface area contributed by atoms with Crippen LogP contribution in [0.2, 0.25) is 5.02 Å². The average molecular weight is 376 g/mol. The molecule has 1 aliphatic rings. The van der Waals surface area contributed by atoms with Crippen LogP contribution in [0, 0.1) is 0 Å². The molecule has 3 rings (SSSR count). The molecular weight excluding hydrogens is 354 g/mol. The van der Waals surface area contributed by atoms with Crippen LogP contribution in [0.3, 0.4) is 0 Å². The lowest BCUT2D eigenvalue weighted by atomic mass is 10.1. The number of halogens is 1. The highest BCUT2D eigenvalue weighted by Gasteiger charge is 2.25. The summed E-state index contributed by atoms with van der Waals surface area (Å²) < 4.78 is 10.9. The zero-order valence-corrected chi connectivity index (χ0v) is 15.5. The number of aromatic nitrogens is 2. The van der Waals surface area contributed by atoms with Crippen molar-refractivity contribution in [1.82, 2.24) is 14.9 Å². The molecular formula is C19H22ClN3O3. The summed E-state index contributed by atoms with van der Waals surface area (Å²) in [6.07, 6.45) is 5.94. The first kappa shape index (κ1) is 18.5. The van der Waals surface area contributed by atoms with Gasteiger partial charge in [0.05, 0.1) is 26.0 Å². The van der Waals surface area contributed by atoms with E-state index in [0.29, 0.717) is 36.2 Å². The van der Waals surface area contributed by atoms with Crippen LogP contribution in [-0.2, 0) is 11.2 Å². The predicted molar refractivity (Wildman–Crippen MR) is 98.6 cm³/mol.